The van der Waals surface area contributed by atoms with E-state index < -0.39 is 0 Å². The van der Waals surface area contributed by atoms with E-state index in [0.29, 0.717) is 18.2 Å². The summed E-state index contributed by atoms with van der Waals surface area (Å²) in [5.74, 6) is -0.339. The van der Waals surface area contributed by atoms with Crippen molar-refractivity contribution in [2.24, 2.45) is 5.92 Å². The summed E-state index contributed by atoms with van der Waals surface area (Å²) in [5, 5.41) is 11.0. The molecule has 1 aliphatic rings. The summed E-state index contributed by atoms with van der Waals surface area (Å²) in [5.41, 5.74) is 1.70. The number of carbonyl (C=O) groups is 2. The Morgan fingerprint density at radius 1 is 1.18 bits per heavy atom. The standard InChI is InChI=1S/C19H19N5O2S2/c25-17(23-18-21-15(12-28-18)13-4-1-7-20-10-13)14-5-2-8-24(11-14)19(26)22-16-6-3-9-27-16/h1,3-4,6-7,9-10,12,14H,2,5,8,11H2,(H,22,26)(H,21,23,25). The number of rotatable bonds is 4. The second-order valence-electron chi connectivity index (χ2n) is 6.46. The Balaban J connectivity index is 1.35. The van der Waals surface area contributed by atoms with Gasteiger partial charge in [-0.2, -0.15) is 0 Å². The Kier molecular flexibility index (Phi) is 5.63. The molecule has 7 nitrogen and oxygen atoms in total. The second kappa shape index (κ2) is 8.49. The van der Waals surface area contributed by atoms with Gasteiger partial charge in [0.05, 0.1) is 16.6 Å². The molecule has 4 heterocycles. The van der Waals surface area contributed by atoms with Gasteiger partial charge in [-0.15, -0.1) is 22.7 Å². The third kappa shape index (κ3) is 4.37. The number of urea groups is 1. The van der Waals surface area contributed by atoms with Gasteiger partial charge in [-0.3, -0.25) is 15.1 Å². The molecule has 1 fully saturated rings. The largest absolute Gasteiger partial charge is 0.324 e. The number of nitrogens with zero attached hydrogens (tertiary/aromatic N) is 3. The third-order valence-corrected chi connectivity index (χ3v) is 6.07. The fraction of sp³-hybridized carbons (Fsp3) is 0.263. The Morgan fingerprint density at radius 3 is 2.89 bits per heavy atom. The number of hydrogen-bond donors (Lipinski definition) is 2. The Labute approximate surface area is 170 Å². The summed E-state index contributed by atoms with van der Waals surface area (Å²) < 4.78 is 0. The van der Waals surface area contributed by atoms with E-state index in [2.05, 4.69) is 20.6 Å². The van der Waals surface area contributed by atoms with Gasteiger partial charge in [-0.25, -0.2) is 9.78 Å². The molecule has 2 N–H and O–H groups in total. The monoisotopic (exact) mass is 413 g/mol. The number of nitrogens with one attached hydrogen (secondary N) is 2. The molecule has 28 heavy (non-hydrogen) atoms. The van der Waals surface area contributed by atoms with E-state index in [1.54, 1.807) is 17.3 Å². The average molecular weight is 414 g/mol. The summed E-state index contributed by atoms with van der Waals surface area (Å²) >= 11 is 2.86. The van der Waals surface area contributed by atoms with Crippen molar-refractivity contribution in [2.75, 3.05) is 23.7 Å². The fourth-order valence-electron chi connectivity index (χ4n) is 3.10. The maximum absolute atomic E-state index is 12.7. The third-order valence-electron chi connectivity index (χ3n) is 4.52. The number of likely N-dealkylation sites (tertiary alicyclic amines) is 1. The van der Waals surface area contributed by atoms with Crippen LogP contribution in [0.15, 0.2) is 47.4 Å². The lowest BCUT2D eigenvalue weighted by molar-refractivity contribution is -0.121. The number of amides is 3. The van der Waals surface area contributed by atoms with Crippen LogP contribution in [0, 0.1) is 5.92 Å². The van der Waals surface area contributed by atoms with Crippen LogP contribution >= 0.6 is 22.7 Å². The molecular formula is C19H19N5O2S2. The van der Waals surface area contributed by atoms with E-state index in [-0.39, 0.29) is 17.9 Å². The van der Waals surface area contributed by atoms with Crippen LogP contribution in [-0.4, -0.2) is 39.9 Å². The highest BCUT2D eigenvalue weighted by Crippen LogP contribution is 2.26. The van der Waals surface area contributed by atoms with Gasteiger partial charge in [-0.1, -0.05) is 0 Å². The lowest BCUT2D eigenvalue weighted by atomic mass is 9.97. The first-order chi connectivity index (χ1) is 13.7. The zero-order valence-electron chi connectivity index (χ0n) is 15.0. The van der Waals surface area contributed by atoms with E-state index in [0.717, 1.165) is 29.1 Å². The summed E-state index contributed by atoms with van der Waals surface area (Å²) in [6.07, 6.45) is 5.01. The van der Waals surface area contributed by atoms with Crippen LogP contribution in [0.4, 0.5) is 14.9 Å². The van der Waals surface area contributed by atoms with E-state index in [1.807, 2.05) is 35.0 Å². The average Bonchev–Trinajstić information content (AvgIpc) is 3.41. The van der Waals surface area contributed by atoms with Crippen LogP contribution in [-0.2, 0) is 4.79 Å². The van der Waals surface area contributed by atoms with E-state index in [9.17, 15) is 9.59 Å². The SMILES string of the molecule is O=C(Nc1nc(-c2cccnc2)cs1)C1CCCN(C(=O)Nc2cccs2)C1. The first kappa shape index (κ1) is 18.6. The predicted molar refractivity (Wildman–Crippen MR) is 112 cm³/mol. The minimum absolute atomic E-state index is 0.0966. The van der Waals surface area contributed by atoms with E-state index in [4.69, 9.17) is 0 Å². The number of thiophene rings is 1. The molecule has 0 bridgehead atoms. The molecule has 1 atom stereocenters. The molecule has 9 heteroatoms. The first-order valence-corrected chi connectivity index (χ1v) is 10.7. The van der Waals surface area contributed by atoms with Crippen LogP contribution in [0.1, 0.15) is 12.8 Å². The van der Waals surface area contributed by atoms with Gasteiger partial charge < -0.3 is 10.2 Å². The zero-order chi connectivity index (χ0) is 19.3. The van der Waals surface area contributed by atoms with Crippen molar-refractivity contribution in [3.8, 4) is 11.3 Å². The topological polar surface area (TPSA) is 87.2 Å². The second-order valence-corrected chi connectivity index (χ2v) is 8.27. The minimum atomic E-state index is -0.242. The first-order valence-electron chi connectivity index (χ1n) is 8.95. The molecule has 1 unspecified atom stereocenters. The molecule has 3 aromatic heterocycles. The quantitative estimate of drug-likeness (QED) is 0.673. The van der Waals surface area contributed by atoms with Gasteiger partial charge in [0.2, 0.25) is 5.91 Å². The van der Waals surface area contributed by atoms with Gasteiger partial charge >= 0.3 is 6.03 Å². The maximum Gasteiger partial charge on any atom is 0.322 e. The van der Waals surface area contributed by atoms with Crippen molar-refractivity contribution < 1.29 is 9.59 Å². The normalized spacial score (nSPS) is 16.6. The number of carbonyl (C=O) groups excluding carboxylic acids is 2. The molecule has 0 aliphatic carbocycles. The van der Waals surface area contributed by atoms with Crippen molar-refractivity contribution in [3.63, 3.8) is 0 Å². The molecular weight excluding hydrogens is 394 g/mol. The number of hydrogen-bond acceptors (Lipinski definition) is 6. The molecule has 1 saturated heterocycles. The highest BCUT2D eigenvalue weighted by Gasteiger charge is 2.29. The highest BCUT2D eigenvalue weighted by atomic mass is 32.1. The smallest absolute Gasteiger partial charge is 0.322 e. The Morgan fingerprint density at radius 2 is 2.11 bits per heavy atom. The van der Waals surface area contributed by atoms with Gasteiger partial charge in [-0.05, 0) is 42.5 Å². The van der Waals surface area contributed by atoms with Crippen molar-refractivity contribution >= 4 is 44.7 Å². The number of pyridine rings is 1. The van der Waals surface area contributed by atoms with Crippen LogP contribution in [0.3, 0.4) is 0 Å². The van der Waals surface area contributed by atoms with Crippen LogP contribution < -0.4 is 10.6 Å². The van der Waals surface area contributed by atoms with Crippen molar-refractivity contribution in [1.82, 2.24) is 14.9 Å². The van der Waals surface area contributed by atoms with Crippen molar-refractivity contribution in [2.45, 2.75) is 12.8 Å². The Hall–Kier alpha value is -2.78. The number of piperidine rings is 1. The Bertz CT molecular complexity index is 942. The molecule has 0 spiro atoms. The minimum Gasteiger partial charge on any atom is -0.324 e. The number of anilines is 2. The molecule has 0 saturated carbocycles. The van der Waals surface area contributed by atoms with E-state index in [1.165, 1.54) is 22.7 Å². The lowest BCUT2D eigenvalue weighted by Gasteiger charge is -2.31. The highest BCUT2D eigenvalue weighted by molar-refractivity contribution is 7.14. The molecule has 0 aromatic carbocycles. The van der Waals surface area contributed by atoms with Crippen LogP contribution in [0.5, 0.6) is 0 Å². The summed E-state index contributed by atoms with van der Waals surface area (Å²) in [6, 6.07) is 7.37. The van der Waals surface area contributed by atoms with Gasteiger partial charge in [0, 0.05) is 36.4 Å². The molecule has 3 amide bonds. The number of aromatic nitrogens is 2. The molecule has 4 rings (SSSR count). The van der Waals surface area contributed by atoms with Crippen molar-refractivity contribution in [3.05, 3.63) is 47.4 Å². The molecule has 0 radical (unpaired) electrons. The zero-order valence-corrected chi connectivity index (χ0v) is 16.6. The van der Waals surface area contributed by atoms with Gasteiger partial charge in [0.25, 0.3) is 0 Å². The number of thiazole rings is 1. The van der Waals surface area contributed by atoms with Gasteiger partial charge in [0.15, 0.2) is 5.13 Å². The van der Waals surface area contributed by atoms with Gasteiger partial charge in [0.1, 0.15) is 0 Å². The summed E-state index contributed by atoms with van der Waals surface area (Å²) in [7, 11) is 0. The summed E-state index contributed by atoms with van der Waals surface area (Å²) in [6.45, 7) is 1.06. The fourth-order valence-corrected chi connectivity index (χ4v) is 4.42. The molecule has 144 valence electrons. The van der Waals surface area contributed by atoms with Crippen LogP contribution in [0.2, 0.25) is 0 Å². The van der Waals surface area contributed by atoms with Crippen LogP contribution in [0.25, 0.3) is 11.3 Å². The molecule has 3 aromatic rings. The predicted octanol–water partition coefficient (Wildman–Crippen LogP) is 4.15. The maximum atomic E-state index is 12.7. The molecule has 1 aliphatic heterocycles. The summed E-state index contributed by atoms with van der Waals surface area (Å²) in [4.78, 5) is 35.4. The lowest BCUT2D eigenvalue weighted by Crippen LogP contribution is -2.45. The van der Waals surface area contributed by atoms with E-state index >= 15 is 0 Å². The van der Waals surface area contributed by atoms with Crippen molar-refractivity contribution in [1.29, 1.82) is 0 Å².